The van der Waals surface area contributed by atoms with Crippen molar-refractivity contribution < 1.29 is 14.3 Å². The molecular weight excluding hydrogens is 392 g/mol. The lowest BCUT2D eigenvalue weighted by Gasteiger charge is -2.36. The highest BCUT2D eigenvalue weighted by Gasteiger charge is 2.30. The number of amides is 3. The fourth-order valence-electron chi connectivity index (χ4n) is 4.62. The summed E-state index contributed by atoms with van der Waals surface area (Å²) in [5.74, 6) is 0.484. The van der Waals surface area contributed by atoms with Crippen LogP contribution in [-0.4, -0.2) is 64.7 Å². The summed E-state index contributed by atoms with van der Waals surface area (Å²) in [5.41, 5.74) is 2.06. The van der Waals surface area contributed by atoms with E-state index in [1.165, 1.54) is 16.5 Å². The van der Waals surface area contributed by atoms with Gasteiger partial charge in [0.2, 0.25) is 0 Å². The van der Waals surface area contributed by atoms with Crippen LogP contribution in [0.4, 0.5) is 9.59 Å². The highest BCUT2D eigenvalue weighted by molar-refractivity contribution is 5.83. The Morgan fingerprint density at radius 3 is 2.32 bits per heavy atom. The van der Waals surface area contributed by atoms with Crippen molar-refractivity contribution in [1.82, 2.24) is 20.1 Å². The third-order valence-corrected chi connectivity index (χ3v) is 6.32. The van der Waals surface area contributed by atoms with Gasteiger partial charge in [0.1, 0.15) is 5.60 Å². The van der Waals surface area contributed by atoms with Gasteiger partial charge in [-0.15, -0.1) is 0 Å². The van der Waals surface area contributed by atoms with E-state index in [2.05, 4.69) is 34.7 Å². The number of urea groups is 1. The summed E-state index contributed by atoms with van der Waals surface area (Å²) in [6, 6.07) is 8.54. The molecule has 2 N–H and O–H groups in total. The van der Waals surface area contributed by atoms with Crippen molar-refractivity contribution in [3.8, 4) is 0 Å². The van der Waals surface area contributed by atoms with Crippen molar-refractivity contribution in [2.45, 2.75) is 64.0 Å². The van der Waals surface area contributed by atoms with E-state index in [9.17, 15) is 9.59 Å². The monoisotopic (exact) mass is 426 g/mol. The number of fused-ring (bicyclic) bond motifs is 1. The van der Waals surface area contributed by atoms with Gasteiger partial charge in [-0.05, 0) is 64.0 Å². The third kappa shape index (κ3) is 5.14. The van der Waals surface area contributed by atoms with Gasteiger partial charge >= 0.3 is 12.1 Å². The van der Waals surface area contributed by atoms with E-state index >= 15 is 0 Å². The van der Waals surface area contributed by atoms with E-state index in [0.717, 1.165) is 38.8 Å². The average molecular weight is 427 g/mol. The first-order valence-electron chi connectivity index (χ1n) is 11.4. The lowest BCUT2D eigenvalue weighted by Crippen LogP contribution is -2.52. The number of carbonyl (C=O) groups is 2. The predicted molar refractivity (Wildman–Crippen MR) is 121 cm³/mol. The first-order valence-corrected chi connectivity index (χ1v) is 11.4. The number of H-pyrrole nitrogens is 1. The van der Waals surface area contributed by atoms with Crippen molar-refractivity contribution in [2.75, 3.05) is 26.2 Å². The highest BCUT2D eigenvalue weighted by atomic mass is 16.6. The Balaban J connectivity index is 1.23. The summed E-state index contributed by atoms with van der Waals surface area (Å²) in [5, 5.41) is 4.47. The summed E-state index contributed by atoms with van der Waals surface area (Å²) in [4.78, 5) is 32.0. The molecule has 168 valence electrons. The maximum Gasteiger partial charge on any atom is 0.410 e. The van der Waals surface area contributed by atoms with E-state index < -0.39 is 5.60 Å². The Bertz CT molecular complexity index is 916. The molecule has 2 fully saturated rings. The number of piperidine rings is 2. The quantitative estimate of drug-likeness (QED) is 0.744. The Kier molecular flexibility index (Phi) is 6.12. The third-order valence-electron chi connectivity index (χ3n) is 6.32. The molecule has 0 spiro atoms. The molecule has 4 rings (SSSR count). The average Bonchev–Trinajstić information content (AvgIpc) is 3.17. The molecule has 31 heavy (non-hydrogen) atoms. The van der Waals surface area contributed by atoms with Gasteiger partial charge in [0.25, 0.3) is 0 Å². The second kappa shape index (κ2) is 8.81. The molecule has 3 amide bonds. The van der Waals surface area contributed by atoms with E-state index in [-0.39, 0.29) is 18.2 Å². The SMILES string of the molecule is CC(C)(C)OC(=O)N1CCC(NC(=O)N2CCC(c3c[nH]c4ccccc34)CC2)CC1. The van der Waals surface area contributed by atoms with Crippen LogP contribution in [0, 0.1) is 0 Å². The summed E-state index contributed by atoms with van der Waals surface area (Å²) < 4.78 is 5.45. The molecule has 0 atom stereocenters. The molecule has 7 heteroatoms. The van der Waals surface area contributed by atoms with E-state index in [0.29, 0.717) is 19.0 Å². The van der Waals surface area contributed by atoms with Crippen LogP contribution in [0.5, 0.6) is 0 Å². The molecule has 7 nitrogen and oxygen atoms in total. The molecule has 3 heterocycles. The lowest BCUT2D eigenvalue weighted by molar-refractivity contribution is 0.0200. The molecule has 2 aliphatic rings. The molecule has 0 bridgehead atoms. The van der Waals surface area contributed by atoms with Crippen molar-refractivity contribution in [3.63, 3.8) is 0 Å². The molecular formula is C24H34N4O3. The van der Waals surface area contributed by atoms with Gasteiger partial charge in [-0.1, -0.05) is 18.2 Å². The topological polar surface area (TPSA) is 77.7 Å². The van der Waals surface area contributed by atoms with Crippen LogP contribution in [0.25, 0.3) is 10.9 Å². The number of nitrogens with one attached hydrogen (secondary N) is 2. The Hall–Kier alpha value is -2.70. The van der Waals surface area contributed by atoms with Crippen molar-refractivity contribution >= 4 is 23.0 Å². The van der Waals surface area contributed by atoms with Crippen LogP contribution in [0.2, 0.25) is 0 Å². The van der Waals surface area contributed by atoms with Gasteiger partial charge in [0.05, 0.1) is 0 Å². The second-order valence-corrected chi connectivity index (χ2v) is 9.74. The largest absolute Gasteiger partial charge is 0.444 e. The number of para-hydroxylation sites is 1. The highest BCUT2D eigenvalue weighted by Crippen LogP contribution is 2.33. The first-order chi connectivity index (χ1) is 14.8. The fraction of sp³-hybridized carbons (Fsp3) is 0.583. The van der Waals surface area contributed by atoms with Crippen molar-refractivity contribution in [2.24, 2.45) is 0 Å². The standard InChI is InChI=1S/C24H34N4O3/c1-24(2,3)31-23(30)28-14-10-18(11-15-28)26-22(29)27-12-8-17(9-13-27)20-16-25-21-7-5-4-6-19(20)21/h4-7,16-18,25H,8-15H2,1-3H3,(H,26,29). The van der Waals surface area contributed by atoms with Gasteiger partial charge in [-0.3, -0.25) is 0 Å². The number of benzene rings is 1. The van der Waals surface area contributed by atoms with Crippen LogP contribution < -0.4 is 5.32 Å². The van der Waals surface area contributed by atoms with Crippen molar-refractivity contribution in [1.29, 1.82) is 0 Å². The molecule has 2 saturated heterocycles. The molecule has 1 aromatic heterocycles. The fourth-order valence-corrected chi connectivity index (χ4v) is 4.62. The normalized spacial score (nSPS) is 18.9. The summed E-state index contributed by atoms with van der Waals surface area (Å²) in [6.45, 7) is 8.39. The number of carbonyl (C=O) groups excluding carboxylic acids is 2. The minimum atomic E-state index is -0.485. The number of likely N-dealkylation sites (tertiary alicyclic amines) is 2. The molecule has 2 aromatic rings. The van der Waals surface area contributed by atoms with Gasteiger partial charge < -0.3 is 24.8 Å². The van der Waals surface area contributed by atoms with Crippen LogP contribution in [0.3, 0.4) is 0 Å². The Morgan fingerprint density at radius 2 is 1.65 bits per heavy atom. The zero-order valence-electron chi connectivity index (χ0n) is 18.8. The number of hydrogen-bond donors (Lipinski definition) is 2. The summed E-state index contributed by atoms with van der Waals surface area (Å²) in [6.07, 6.45) is 5.34. The minimum absolute atomic E-state index is 0.0214. The van der Waals surface area contributed by atoms with Crippen LogP contribution >= 0.6 is 0 Å². The van der Waals surface area contributed by atoms with Gasteiger partial charge in [-0.2, -0.15) is 0 Å². The maximum atomic E-state index is 12.8. The predicted octanol–water partition coefficient (Wildman–Crippen LogP) is 4.46. The van der Waals surface area contributed by atoms with Gasteiger partial charge in [0.15, 0.2) is 0 Å². The van der Waals surface area contributed by atoms with E-state index in [4.69, 9.17) is 4.74 Å². The molecule has 0 aliphatic carbocycles. The summed E-state index contributed by atoms with van der Waals surface area (Å²) in [7, 11) is 0. The molecule has 1 aromatic carbocycles. The molecule has 0 unspecified atom stereocenters. The van der Waals surface area contributed by atoms with Crippen LogP contribution in [0.1, 0.15) is 57.9 Å². The van der Waals surface area contributed by atoms with E-state index in [1.807, 2.05) is 31.7 Å². The zero-order valence-corrected chi connectivity index (χ0v) is 18.8. The van der Waals surface area contributed by atoms with E-state index in [1.54, 1.807) is 4.90 Å². The number of aromatic amines is 1. The number of rotatable bonds is 2. The lowest BCUT2D eigenvalue weighted by atomic mass is 9.89. The maximum absolute atomic E-state index is 12.8. The molecule has 0 radical (unpaired) electrons. The molecule has 2 aliphatic heterocycles. The second-order valence-electron chi connectivity index (χ2n) is 9.74. The number of nitrogens with zero attached hydrogens (tertiary/aromatic N) is 2. The first kappa shape index (κ1) is 21.5. The number of hydrogen-bond acceptors (Lipinski definition) is 3. The number of aromatic nitrogens is 1. The number of ether oxygens (including phenoxy) is 1. The Labute approximate surface area is 184 Å². The Morgan fingerprint density at radius 1 is 1.00 bits per heavy atom. The van der Waals surface area contributed by atoms with Gasteiger partial charge in [0, 0.05) is 49.3 Å². The minimum Gasteiger partial charge on any atom is -0.444 e. The summed E-state index contributed by atoms with van der Waals surface area (Å²) >= 11 is 0. The van der Waals surface area contributed by atoms with Crippen LogP contribution in [-0.2, 0) is 4.74 Å². The van der Waals surface area contributed by atoms with Gasteiger partial charge in [-0.25, -0.2) is 9.59 Å². The smallest absolute Gasteiger partial charge is 0.410 e. The van der Waals surface area contributed by atoms with Crippen molar-refractivity contribution in [3.05, 3.63) is 36.0 Å². The molecule has 0 saturated carbocycles. The van der Waals surface area contributed by atoms with Crippen LogP contribution in [0.15, 0.2) is 30.5 Å². The zero-order chi connectivity index (χ0) is 22.0.